The summed E-state index contributed by atoms with van der Waals surface area (Å²) in [6.07, 6.45) is 0. The lowest BCUT2D eigenvalue weighted by atomic mass is 10.1. The van der Waals surface area contributed by atoms with Crippen LogP contribution >= 0.6 is 0 Å². The minimum absolute atomic E-state index is 0.00991. The van der Waals surface area contributed by atoms with Crippen LogP contribution in [0.15, 0.2) is 50.9 Å². The first-order chi connectivity index (χ1) is 13.0. The van der Waals surface area contributed by atoms with Gasteiger partial charge in [-0.25, -0.2) is 8.42 Å². The molecular formula is C19H19N3O5S. The molecule has 0 aliphatic heterocycles. The van der Waals surface area contributed by atoms with Crippen LogP contribution in [-0.2, 0) is 24.1 Å². The van der Waals surface area contributed by atoms with E-state index in [2.05, 4.69) is 4.72 Å². The van der Waals surface area contributed by atoms with Crippen LogP contribution in [0.2, 0.25) is 0 Å². The van der Waals surface area contributed by atoms with Crippen LogP contribution in [0.1, 0.15) is 22.8 Å². The molecule has 0 unspecified atom stereocenters. The van der Waals surface area contributed by atoms with Crippen molar-refractivity contribution in [3.05, 3.63) is 68.2 Å². The SMILES string of the molecule is CC(=O)c1ccc(NS(=O)(=O)c2cc3c(cc2C)n(C)c(=O)c(=O)n3C)cc1. The number of benzene rings is 2. The van der Waals surface area contributed by atoms with Crippen molar-refractivity contribution in [2.24, 2.45) is 14.1 Å². The molecule has 146 valence electrons. The van der Waals surface area contributed by atoms with Gasteiger partial charge in [-0.1, -0.05) is 0 Å². The molecule has 2 aromatic carbocycles. The van der Waals surface area contributed by atoms with Crippen LogP contribution in [0.25, 0.3) is 11.0 Å². The Bertz CT molecular complexity index is 1330. The van der Waals surface area contributed by atoms with Gasteiger partial charge in [-0.05, 0) is 55.8 Å². The maximum Gasteiger partial charge on any atom is 0.316 e. The number of rotatable bonds is 4. The Hall–Kier alpha value is -3.20. The smallest absolute Gasteiger partial charge is 0.305 e. The zero-order chi connectivity index (χ0) is 20.8. The molecule has 0 spiro atoms. The lowest BCUT2D eigenvalue weighted by Gasteiger charge is -2.14. The summed E-state index contributed by atoms with van der Waals surface area (Å²) in [5, 5.41) is 0. The molecule has 1 N–H and O–H groups in total. The third kappa shape index (κ3) is 3.24. The van der Waals surface area contributed by atoms with Crippen molar-refractivity contribution >= 4 is 32.5 Å². The Morgan fingerprint density at radius 2 is 1.43 bits per heavy atom. The summed E-state index contributed by atoms with van der Waals surface area (Å²) < 4.78 is 30.6. The zero-order valence-electron chi connectivity index (χ0n) is 15.8. The molecule has 9 heteroatoms. The minimum Gasteiger partial charge on any atom is -0.305 e. The first-order valence-electron chi connectivity index (χ1n) is 8.37. The first-order valence-corrected chi connectivity index (χ1v) is 9.85. The van der Waals surface area contributed by atoms with Crippen LogP contribution in [0.5, 0.6) is 0 Å². The Balaban J connectivity index is 2.14. The van der Waals surface area contributed by atoms with E-state index >= 15 is 0 Å². The molecule has 28 heavy (non-hydrogen) atoms. The average Bonchev–Trinajstić information content (AvgIpc) is 2.64. The molecule has 1 heterocycles. The number of aromatic nitrogens is 2. The fraction of sp³-hybridized carbons (Fsp3) is 0.211. The molecule has 0 saturated carbocycles. The minimum atomic E-state index is -3.96. The highest BCUT2D eigenvalue weighted by molar-refractivity contribution is 7.92. The number of sulfonamides is 1. The molecular weight excluding hydrogens is 382 g/mol. The van der Waals surface area contributed by atoms with E-state index in [9.17, 15) is 22.8 Å². The third-order valence-corrected chi connectivity index (χ3v) is 6.14. The normalized spacial score (nSPS) is 11.6. The maximum atomic E-state index is 12.9. The van der Waals surface area contributed by atoms with Gasteiger partial charge in [-0.2, -0.15) is 0 Å². The quantitative estimate of drug-likeness (QED) is 0.527. The van der Waals surface area contributed by atoms with Gasteiger partial charge in [-0.3, -0.25) is 19.1 Å². The number of nitrogens with one attached hydrogen (secondary N) is 1. The van der Waals surface area contributed by atoms with E-state index in [4.69, 9.17) is 0 Å². The van der Waals surface area contributed by atoms with Crippen LogP contribution < -0.4 is 15.8 Å². The van der Waals surface area contributed by atoms with E-state index in [1.54, 1.807) is 13.0 Å². The molecule has 0 atom stereocenters. The van der Waals surface area contributed by atoms with Gasteiger partial charge in [-0.15, -0.1) is 0 Å². The largest absolute Gasteiger partial charge is 0.316 e. The second-order valence-electron chi connectivity index (χ2n) is 6.57. The van der Waals surface area contributed by atoms with Gasteiger partial charge in [0.15, 0.2) is 5.78 Å². The van der Waals surface area contributed by atoms with Crippen LogP contribution in [0, 0.1) is 6.92 Å². The van der Waals surface area contributed by atoms with E-state index in [1.807, 2.05) is 0 Å². The van der Waals surface area contributed by atoms with Crippen LogP contribution in [-0.4, -0.2) is 23.3 Å². The Morgan fingerprint density at radius 1 is 0.929 bits per heavy atom. The number of aryl methyl sites for hydroxylation is 3. The van der Waals surface area contributed by atoms with Crippen molar-refractivity contribution in [3.8, 4) is 0 Å². The van der Waals surface area contributed by atoms with Gasteiger partial charge in [0.2, 0.25) is 0 Å². The molecule has 0 bridgehead atoms. The predicted molar refractivity (Wildman–Crippen MR) is 106 cm³/mol. The first kappa shape index (κ1) is 19.6. The molecule has 0 amide bonds. The Kier molecular flexibility index (Phi) is 4.72. The van der Waals surface area contributed by atoms with Gasteiger partial charge >= 0.3 is 11.1 Å². The van der Waals surface area contributed by atoms with E-state index in [0.717, 1.165) is 4.57 Å². The second-order valence-corrected chi connectivity index (χ2v) is 8.22. The number of Topliss-reactive ketones (excluding diaryl/α,β-unsaturated/α-hetero) is 1. The summed E-state index contributed by atoms with van der Waals surface area (Å²) in [5.74, 6) is -0.119. The summed E-state index contributed by atoms with van der Waals surface area (Å²) >= 11 is 0. The number of anilines is 1. The Morgan fingerprint density at radius 3 is 1.93 bits per heavy atom. The number of fused-ring (bicyclic) bond motifs is 1. The highest BCUT2D eigenvalue weighted by Gasteiger charge is 2.20. The summed E-state index contributed by atoms with van der Waals surface area (Å²) in [6.45, 7) is 3.04. The van der Waals surface area contributed by atoms with Crippen LogP contribution in [0.4, 0.5) is 5.69 Å². The summed E-state index contributed by atoms with van der Waals surface area (Å²) in [4.78, 5) is 35.4. The monoisotopic (exact) mass is 401 g/mol. The lowest BCUT2D eigenvalue weighted by Crippen LogP contribution is -2.39. The van der Waals surface area contributed by atoms with E-state index < -0.39 is 21.1 Å². The molecule has 0 saturated heterocycles. The van der Waals surface area contributed by atoms with Crippen molar-refractivity contribution < 1.29 is 13.2 Å². The molecule has 8 nitrogen and oxygen atoms in total. The second kappa shape index (κ2) is 6.75. The molecule has 0 aliphatic rings. The number of carbonyl (C=O) groups is 1. The van der Waals surface area contributed by atoms with Crippen molar-refractivity contribution in [1.29, 1.82) is 0 Å². The highest BCUT2D eigenvalue weighted by Crippen LogP contribution is 2.24. The number of carbonyl (C=O) groups excluding carboxylic acids is 1. The maximum absolute atomic E-state index is 12.9. The molecule has 3 aromatic rings. The highest BCUT2D eigenvalue weighted by atomic mass is 32.2. The third-order valence-electron chi connectivity index (χ3n) is 4.62. The predicted octanol–water partition coefficient (Wildman–Crippen LogP) is 1.55. The fourth-order valence-electron chi connectivity index (χ4n) is 2.98. The van der Waals surface area contributed by atoms with Crippen molar-refractivity contribution in [2.45, 2.75) is 18.7 Å². The summed E-state index contributed by atoms with van der Waals surface area (Å²) in [5.41, 5.74) is 0.552. The van der Waals surface area contributed by atoms with Gasteiger partial charge in [0.05, 0.1) is 15.9 Å². The molecule has 0 radical (unpaired) electrons. The topological polar surface area (TPSA) is 107 Å². The number of ketones is 1. The van der Waals surface area contributed by atoms with E-state index in [0.29, 0.717) is 27.8 Å². The van der Waals surface area contributed by atoms with Gasteiger partial charge in [0.1, 0.15) is 0 Å². The van der Waals surface area contributed by atoms with E-state index in [-0.39, 0.29) is 10.7 Å². The number of hydrogen-bond acceptors (Lipinski definition) is 5. The number of nitrogens with zero attached hydrogens (tertiary/aromatic N) is 2. The van der Waals surface area contributed by atoms with Crippen LogP contribution in [0.3, 0.4) is 0 Å². The van der Waals surface area contributed by atoms with Crippen molar-refractivity contribution in [1.82, 2.24) is 9.13 Å². The molecule has 0 aliphatic carbocycles. The lowest BCUT2D eigenvalue weighted by molar-refractivity contribution is 0.101. The molecule has 1 aromatic heterocycles. The van der Waals surface area contributed by atoms with E-state index in [1.165, 1.54) is 55.9 Å². The molecule has 3 rings (SSSR count). The fourth-order valence-corrected chi connectivity index (χ4v) is 4.28. The van der Waals surface area contributed by atoms with Crippen molar-refractivity contribution in [3.63, 3.8) is 0 Å². The Labute approximate surface area is 161 Å². The average molecular weight is 401 g/mol. The van der Waals surface area contributed by atoms with Gasteiger partial charge in [0.25, 0.3) is 10.0 Å². The zero-order valence-corrected chi connectivity index (χ0v) is 16.6. The summed E-state index contributed by atoms with van der Waals surface area (Å²) in [7, 11) is -1.07. The summed E-state index contributed by atoms with van der Waals surface area (Å²) in [6, 6.07) is 9.01. The van der Waals surface area contributed by atoms with Crippen molar-refractivity contribution in [2.75, 3.05) is 4.72 Å². The molecule has 0 fully saturated rings. The van der Waals surface area contributed by atoms with Gasteiger partial charge < -0.3 is 9.13 Å². The standard InChI is InChI=1S/C19H19N3O5S/c1-11-9-15-16(22(4)19(25)18(24)21(15)3)10-17(11)28(26,27)20-14-7-5-13(6-8-14)12(2)23/h5-10,20H,1-4H3. The van der Waals surface area contributed by atoms with Gasteiger partial charge in [0, 0.05) is 25.3 Å². The number of hydrogen-bond donors (Lipinski definition) is 1.